The number of hydrogen-bond donors (Lipinski definition) is 0. The number of hydrogen-bond acceptors (Lipinski definition) is 4. The molecule has 2 aromatic rings. The normalized spacial score (nSPS) is 12.3. The number of rotatable bonds is 5. The monoisotopic (exact) mass is 373 g/mol. The Kier molecular flexibility index (Phi) is 5.68. The fraction of sp³-hybridized carbons (Fsp3) is 0.571. The summed E-state index contributed by atoms with van der Waals surface area (Å²) in [4.78, 5) is 27.6. The van der Waals surface area contributed by atoms with Gasteiger partial charge in [0.05, 0.1) is 12.6 Å². The molecule has 0 bridgehead atoms. The first kappa shape index (κ1) is 20.9. The number of Topliss-reactive ketones (excluding diaryl/α,β-unsaturated/α-hetero) is 1. The van der Waals surface area contributed by atoms with Crippen LogP contribution in [0.5, 0.6) is 5.75 Å². The number of carbonyl (C=O) groups excluding carboxylic acids is 2. The second-order valence-corrected chi connectivity index (χ2v) is 8.78. The third kappa shape index (κ3) is 4.31. The van der Waals surface area contributed by atoms with Crippen molar-refractivity contribution in [3.63, 3.8) is 0 Å². The number of benzene rings is 1. The Morgan fingerprint density at radius 2 is 1.78 bits per heavy atom. The van der Waals surface area contributed by atoms with E-state index in [-0.39, 0.29) is 23.8 Å². The van der Waals surface area contributed by atoms with Crippen LogP contribution in [0.4, 0.5) is 0 Å². The molecule has 0 saturated heterocycles. The van der Waals surface area contributed by atoms with Crippen LogP contribution in [0.1, 0.15) is 59.0 Å². The van der Waals surface area contributed by atoms with E-state index in [2.05, 4.69) is 5.10 Å². The number of aromatic nitrogens is 2. The topological polar surface area (TPSA) is 64.4 Å². The Bertz CT molecular complexity index is 854. The van der Waals surface area contributed by atoms with Crippen molar-refractivity contribution >= 4 is 22.6 Å². The van der Waals surface area contributed by atoms with Gasteiger partial charge >= 0.3 is 0 Å². The molecule has 27 heavy (non-hydrogen) atoms. The summed E-state index contributed by atoms with van der Waals surface area (Å²) in [6.45, 7) is 14.3. The van der Waals surface area contributed by atoms with Crippen LogP contribution in [0.3, 0.4) is 0 Å². The first-order chi connectivity index (χ1) is 12.4. The van der Waals surface area contributed by atoms with E-state index in [1.165, 1.54) is 0 Å². The van der Waals surface area contributed by atoms with Crippen LogP contribution in [0.2, 0.25) is 0 Å². The van der Waals surface area contributed by atoms with Gasteiger partial charge in [-0.2, -0.15) is 5.10 Å². The Morgan fingerprint density at radius 3 is 2.26 bits per heavy atom. The standard InChI is InChI=1S/C21H31N3O3/c1-9-23(21(5,6)7)17(25)13-24-16-12-14(27-8)10-11-15(16)18(22-24)19(26)20(2,3)4/h10-12H,9,13H2,1-8H3. The van der Waals surface area contributed by atoms with Gasteiger partial charge in [0.25, 0.3) is 0 Å². The molecule has 0 aliphatic carbocycles. The minimum absolute atomic E-state index is 0.0352. The van der Waals surface area contributed by atoms with E-state index in [1.54, 1.807) is 11.8 Å². The summed E-state index contributed by atoms with van der Waals surface area (Å²) in [6.07, 6.45) is 0. The van der Waals surface area contributed by atoms with Crippen LogP contribution in [-0.4, -0.2) is 45.6 Å². The minimum atomic E-state index is -0.559. The van der Waals surface area contributed by atoms with Gasteiger partial charge in [-0.3, -0.25) is 14.3 Å². The molecule has 148 valence electrons. The molecule has 2 rings (SSSR count). The largest absolute Gasteiger partial charge is 0.497 e. The van der Waals surface area contributed by atoms with Crippen molar-refractivity contribution in [1.29, 1.82) is 0 Å². The third-order valence-corrected chi connectivity index (χ3v) is 4.57. The fourth-order valence-electron chi connectivity index (χ4n) is 3.16. The van der Waals surface area contributed by atoms with Gasteiger partial charge in [-0.1, -0.05) is 20.8 Å². The lowest BCUT2D eigenvalue weighted by Gasteiger charge is -2.34. The van der Waals surface area contributed by atoms with Crippen molar-refractivity contribution in [3.8, 4) is 5.75 Å². The van der Waals surface area contributed by atoms with Gasteiger partial charge in [0.1, 0.15) is 18.0 Å². The molecule has 0 fully saturated rings. The predicted molar refractivity (Wildman–Crippen MR) is 107 cm³/mol. The third-order valence-electron chi connectivity index (χ3n) is 4.57. The highest BCUT2D eigenvalue weighted by Crippen LogP contribution is 2.29. The van der Waals surface area contributed by atoms with Crippen LogP contribution in [-0.2, 0) is 11.3 Å². The lowest BCUT2D eigenvalue weighted by atomic mass is 9.88. The number of ether oxygens (including phenoxy) is 1. The average molecular weight is 373 g/mol. The van der Waals surface area contributed by atoms with Crippen LogP contribution < -0.4 is 4.74 Å². The maximum absolute atomic E-state index is 12.9. The summed E-state index contributed by atoms with van der Waals surface area (Å²) in [7, 11) is 1.59. The van der Waals surface area contributed by atoms with Crippen molar-refractivity contribution in [1.82, 2.24) is 14.7 Å². The van der Waals surface area contributed by atoms with E-state index >= 15 is 0 Å². The molecule has 0 saturated carbocycles. The molecule has 1 heterocycles. The molecule has 0 atom stereocenters. The lowest BCUT2D eigenvalue weighted by molar-refractivity contribution is -0.136. The first-order valence-corrected chi connectivity index (χ1v) is 9.30. The van der Waals surface area contributed by atoms with E-state index in [0.29, 0.717) is 18.0 Å². The Labute approximate surface area is 161 Å². The maximum Gasteiger partial charge on any atom is 0.244 e. The van der Waals surface area contributed by atoms with Gasteiger partial charge in [-0.25, -0.2) is 0 Å². The summed E-state index contributed by atoms with van der Waals surface area (Å²) in [5, 5.41) is 5.27. The number of likely N-dealkylation sites (N-methyl/N-ethyl adjacent to an activating group) is 1. The summed E-state index contributed by atoms with van der Waals surface area (Å²) >= 11 is 0. The highest BCUT2D eigenvalue weighted by Gasteiger charge is 2.30. The van der Waals surface area contributed by atoms with Crippen molar-refractivity contribution in [3.05, 3.63) is 23.9 Å². The highest BCUT2D eigenvalue weighted by molar-refractivity contribution is 6.08. The first-order valence-electron chi connectivity index (χ1n) is 9.30. The predicted octanol–water partition coefficient (Wildman–Crippen LogP) is 3.92. The molecule has 0 spiro atoms. The zero-order valence-corrected chi connectivity index (χ0v) is 17.7. The number of carbonyl (C=O) groups is 2. The van der Waals surface area contributed by atoms with Crippen LogP contribution in [0.25, 0.3) is 10.9 Å². The van der Waals surface area contributed by atoms with Crippen LogP contribution in [0, 0.1) is 5.41 Å². The van der Waals surface area contributed by atoms with Crippen molar-refractivity contribution in [2.24, 2.45) is 5.41 Å². The van der Waals surface area contributed by atoms with E-state index in [4.69, 9.17) is 4.74 Å². The number of methoxy groups -OCH3 is 1. The maximum atomic E-state index is 12.9. The quantitative estimate of drug-likeness (QED) is 0.745. The smallest absolute Gasteiger partial charge is 0.244 e. The Balaban J connectivity index is 2.55. The van der Waals surface area contributed by atoms with Crippen molar-refractivity contribution in [2.45, 2.75) is 60.5 Å². The molecular formula is C21H31N3O3. The van der Waals surface area contributed by atoms with Gasteiger partial charge in [-0.05, 0) is 39.8 Å². The summed E-state index contributed by atoms with van der Waals surface area (Å²) in [5.74, 6) is 0.577. The summed E-state index contributed by atoms with van der Waals surface area (Å²) in [5.41, 5.74) is 0.278. The second-order valence-electron chi connectivity index (χ2n) is 8.78. The van der Waals surface area contributed by atoms with Crippen LogP contribution in [0.15, 0.2) is 18.2 Å². The number of ketones is 1. The summed E-state index contributed by atoms with van der Waals surface area (Å²) in [6, 6.07) is 5.47. The number of fused-ring (bicyclic) bond motifs is 1. The fourth-order valence-corrected chi connectivity index (χ4v) is 3.16. The number of nitrogens with zero attached hydrogens (tertiary/aromatic N) is 3. The molecule has 6 heteroatoms. The van der Waals surface area contributed by atoms with Gasteiger partial charge in [-0.15, -0.1) is 0 Å². The molecular weight excluding hydrogens is 342 g/mol. The van der Waals surface area contributed by atoms with Gasteiger partial charge in [0, 0.05) is 29.0 Å². The van der Waals surface area contributed by atoms with E-state index < -0.39 is 5.41 Å². The van der Waals surface area contributed by atoms with Crippen molar-refractivity contribution in [2.75, 3.05) is 13.7 Å². The molecule has 1 amide bonds. The molecule has 0 unspecified atom stereocenters. The molecule has 0 N–H and O–H groups in total. The van der Waals surface area contributed by atoms with E-state index in [9.17, 15) is 9.59 Å². The molecule has 0 aliphatic rings. The molecule has 1 aromatic heterocycles. The molecule has 6 nitrogen and oxygen atoms in total. The van der Waals surface area contributed by atoms with Gasteiger partial charge < -0.3 is 9.64 Å². The lowest BCUT2D eigenvalue weighted by Crippen LogP contribution is -2.46. The Hall–Kier alpha value is -2.37. The highest BCUT2D eigenvalue weighted by atomic mass is 16.5. The van der Waals surface area contributed by atoms with Crippen LogP contribution >= 0.6 is 0 Å². The molecule has 0 aliphatic heterocycles. The second kappa shape index (κ2) is 7.33. The van der Waals surface area contributed by atoms with Gasteiger partial charge in [0.15, 0.2) is 5.78 Å². The number of amides is 1. The van der Waals surface area contributed by atoms with Crippen molar-refractivity contribution < 1.29 is 14.3 Å². The molecule has 1 aromatic carbocycles. The zero-order chi connectivity index (χ0) is 20.6. The minimum Gasteiger partial charge on any atom is -0.497 e. The van der Waals surface area contributed by atoms with E-state index in [1.807, 2.05) is 71.6 Å². The van der Waals surface area contributed by atoms with E-state index in [0.717, 1.165) is 10.9 Å². The Morgan fingerprint density at radius 1 is 1.15 bits per heavy atom. The van der Waals surface area contributed by atoms with Gasteiger partial charge in [0.2, 0.25) is 5.91 Å². The SMILES string of the molecule is CCN(C(=O)Cn1nc(C(=O)C(C)(C)C)c2ccc(OC)cc21)C(C)(C)C. The summed E-state index contributed by atoms with van der Waals surface area (Å²) < 4.78 is 6.94. The average Bonchev–Trinajstić information content (AvgIpc) is 2.90. The zero-order valence-electron chi connectivity index (χ0n) is 17.7. The molecule has 0 radical (unpaired) electrons.